The maximum atomic E-state index is 5.51. The quantitative estimate of drug-likeness (QED) is 0.793. The Morgan fingerprint density at radius 2 is 2.00 bits per heavy atom. The lowest BCUT2D eigenvalue weighted by Gasteiger charge is -2.34. The zero-order chi connectivity index (χ0) is 12.1. The van der Waals surface area contributed by atoms with Gasteiger partial charge in [0.2, 0.25) is 0 Å². The molecule has 1 aliphatic rings. The fourth-order valence-corrected chi connectivity index (χ4v) is 2.75. The largest absolute Gasteiger partial charge is 0.378 e. The summed E-state index contributed by atoms with van der Waals surface area (Å²) in [6, 6.07) is 9.48. The van der Waals surface area contributed by atoms with Crippen LogP contribution in [-0.4, -0.2) is 36.0 Å². The molecule has 0 saturated carbocycles. The van der Waals surface area contributed by atoms with Gasteiger partial charge in [0.25, 0.3) is 0 Å². The molecule has 3 heteroatoms. The Morgan fingerprint density at radius 1 is 1.29 bits per heavy atom. The van der Waals surface area contributed by atoms with Gasteiger partial charge in [0.15, 0.2) is 0 Å². The van der Waals surface area contributed by atoms with E-state index < -0.39 is 0 Å². The zero-order valence-corrected chi connectivity index (χ0v) is 11.9. The highest BCUT2D eigenvalue weighted by molar-refractivity contribution is 9.09. The Morgan fingerprint density at radius 3 is 2.65 bits per heavy atom. The number of aryl methyl sites for hydroxylation is 1. The molecule has 0 bridgehead atoms. The summed E-state index contributed by atoms with van der Waals surface area (Å²) in [5, 5.41) is 0.986. The predicted molar refractivity (Wildman–Crippen MR) is 74.6 cm³/mol. The van der Waals surface area contributed by atoms with Gasteiger partial charge in [-0.1, -0.05) is 47.1 Å². The SMILES string of the molecule is CCc1ccc(CN2CCOCC2CBr)cc1. The normalized spacial score (nSPS) is 21.6. The Balaban J connectivity index is 1.98. The van der Waals surface area contributed by atoms with Crippen molar-refractivity contribution in [2.24, 2.45) is 0 Å². The van der Waals surface area contributed by atoms with E-state index >= 15 is 0 Å². The van der Waals surface area contributed by atoms with Crippen LogP contribution in [0.5, 0.6) is 0 Å². The van der Waals surface area contributed by atoms with Gasteiger partial charge in [-0.3, -0.25) is 4.90 Å². The molecular formula is C14H20BrNO. The summed E-state index contributed by atoms with van der Waals surface area (Å²) in [5.41, 5.74) is 2.81. The summed E-state index contributed by atoms with van der Waals surface area (Å²) < 4.78 is 5.51. The van der Waals surface area contributed by atoms with E-state index in [1.54, 1.807) is 0 Å². The van der Waals surface area contributed by atoms with Crippen LogP contribution in [0.3, 0.4) is 0 Å². The van der Waals surface area contributed by atoms with Gasteiger partial charge >= 0.3 is 0 Å². The van der Waals surface area contributed by atoms with Gasteiger partial charge in [0.1, 0.15) is 0 Å². The molecule has 0 amide bonds. The third kappa shape index (κ3) is 3.54. The van der Waals surface area contributed by atoms with E-state index in [2.05, 4.69) is 52.0 Å². The van der Waals surface area contributed by atoms with Crippen molar-refractivity contribution >= 4 is 15.9 Å². The van der Waals surface area contributed by atoms with Crippen LogP contribution >= 0.6 is 15.9 Å². The maximum absolute atomic E-state index is 5.51. The Hall–Kier alpha value is -0.380. The fraction of sp³-hybridized carbons (Fsp3) is 0.571. The zero-order valence-electron chi connectivity index (χ0n) is 10.4. The average Bonchev–Trinajstić information content (AvgIpc) is 2.40. The lowest BCUT2D eigenvalue weighted by atomic mass is 10.1. The maximum Gasteiger partial charge on any atom is 0.0630 e. The molecule has 1 heterocycles. The highest BCUT2D eigenvalue weighted by Crippen LogP contribution is 2.14. The van der Waals surface area contributed by atoms with Gasteiger partial charge in [-0.25, -0.2) is 0 Å². The molecule has 1 aliphatic heterocycles. The van der Waals surface area contributed by atoms with Crippen LogP contribution in [0.2, 0.25) is 0 Å². The first-order valence-corrected chi connectivity index (χ1v) is 7.41. The number of hydrogen-bond acceptors (Lipinski definition) is 2. The number of hydrogen-bond donors (Lipinski definition) is 0. The van der Waals surface area contributed by atoms with Gasteiger partial charge in [0.05, 0.1) is 13.2 Å². The molecule has 94 valence electrons. The lowest BCUT2D eigenvalue weighted by molar-refractivity contribution is -0.00212. The van der Waals surface area contributed by atoms with E-state index in [-0.39, 0.29) is 0 Å². The molecule has 17 heavy (non-hydrogen) atoms. The number of alkyl halides is 1. The number of nitrogens with zero attached hydrogens (tertiary/aromatic N) is 1. The van der Waals surface area contributed by atoms with Crippen molar-refractivity contribution in [3.05, 3.63) is 35.4 Å². The summed E-state index contributed by atoms with van der Waals surface area (Å²) in [6.07, 6.45) is 1.11. The topological polar surface area (TPSA) is 12.5 Å². The van der Waals surface area contributed by atoms with Crippen LogP contribution < -0.4 is 0 Å². The van der Waals surface area contributed by atoms with E-state index in [1.165, 1.54) is 11.1 Å². The first-order valence-electron chi connectivity index (χ1n) is 6.29. The smallest absolute Gasteiger partial charge is 0.0630 e. The molecule has 0 N–H and O–H groups in total. The van der Waals surface area contributed by atoms with Crippen LogP contribution in [-0.2, 0) is 17.7 Å². The van der Waals surface area contributed by atoms with E-state index in [0.717, 1.165) is 38.1 Å². The van der Waals surface area contributed by atoms with Crippen LogP contribution in [0.1, 0.15) is 18.1 Å². The van der Waals surface area contributed by atoms with E-state index in [0.29, 0.717) is 6.04 Å². The summed E-state index contributed by atoms with van der Waals surface area (Å²) in [4.78, 5) is 2.50. The van der Waals surface area contributed by atoms with Gasteiger partial charge < -0.3 is 4.74 Å². The molecule has 0 aliphatic carbocycles. The Bertz CT molecular complexity index is 339. The van der Waals surface area contributed by atoms with Crippen molar-refractivity contribution < 1.29 is 4.74 Å². The Labute approximate surface area is 112 Å². The molecule has 1 aromatic rings. The minimum atomic E-state index is 0.509. The van der Waals surface area contributed by atoms with E-state index in [1.807, 2.05) is 0 Å². The third-order valence-corrected chi connectivity index (χ3v) is 4.09. The van der Waals surface area contributed by atoms with Crippen LogP contribution in [0, 0.1) is 0 Å². The van der Waals surface area contributed by atoms with Crippen molar-refractivity contribution in [3.8, 4) is 0 Å². The second-order valence-electron chi connectivity index (χ2n) is 4.52. The minimum Gasteiger partial charge on any atom is -0.378 e. The van der Waals surface area contributed by atoms with Crippen LogP contribution in [0.25, 0.3) is 0 Å². The van der Waals surface area contributed by atoms with E-state index in [4.69, 9.17) is 4.74 Å². The molecule has 1 aromatic carbocycles. The number of halogens is 1. The van der Waals surface area contributed by atoms with Crippen molar-refractivity contribution in [3.63, 3.8) is 0 Å². The summed E-state index contributed by atoms with van der Waals surface area (Å²) in [7, 11) is 0. The van der Waals surface area contributed by atoms with Gasteiger partial charge in [-0.15, -0.1) is 0 Å². The first-order chi connectivity index (χ1) is 8.33. The van der Waals surface area contributed by atoms with E-state index in [9.17, 15) is 0 Å². The molecule has 0 aromatic heterocycles. The summed E-state index contributed by atoms with van der Waals surface area (Å²) in [6.45, 7) is 5.96. The summed E-state index contributed by atoms with van der Waals surface area (Å²) in [5.74, 6) is 0. The molecule has 0 radical (unpaired) electrons. The lowest BCUT2D eigenvalue weighted by Crippen LogP contribution is -2.45. The van der Waals surface area contributed by atoms with Crippen molar-refractivity contribution in [2.75, 3.05) is 25.1 Å². The highest BCUT2D eigenvalue weighted by atomic mass is 79.9. The Kier molecular flexibility index (Phi) is 5.01. The van der Waals surface area contributed by atoms with Crippen molar-refractivity contribution in [1.29, 1.82) is 0 Å². The molecule has 1 fully saturated rings. The van der Waals surface area contributed by atoms with Crippen molar-refractivity contribution in [1.82, 2.24) is 4.90 Å². The molecule has 2 rings (SSSR count). The molecule has 0 spiro atoms. The minimum absolute atomic E-state index is 0.509. The number of morpholine rings is 1. The predicted octanol–water partition coefficient (Wildman–Crippen LogP) is 2.84. The fourth-order valence-electron chi connectivity index (χ4n) is 2.15. The molecular weight excluding hydrogens is 278 g/mol. The van der Waals surface area contributed by atoms with Gasteiger partial charge in [0, 0.05) is 24.5 Å². The van der Waals surface area contributed by atoms with Crippen LogP contribution in [0.4, 0.5) is 0 Å². The van der Waals surface area contributed by atoms with Gasteiger partial charge in [-0.05, 0) is 17.5 Å². The third-order valence-electron chi connectivity index (χ3n) is 3.34. The first kappa shape index (κ1) is 13.1. The standard InChI is InChI=1S/C14H20BrNO/c1-2-12-3-5-13(6-4-12)10-16-7-8-17-11-14(16)9-15/h3-6,14H,2,7-11H2,1H3. The van der Waals surface area contributed by atoms with Crippen molar-refractivity contribution in [2.45, 2.75) is 25.9 Å². The molecule has 2 nitrogen and oxygen atoms in total. The number of ether oxygens (including phenoxy) is 1. The van der Waals surface area contributed by atoms with Gasteiger partial charge in [-0.2, -0.15) is 0 Å². The average molecular weight is 298 g/mol. The monoisotopic (exact) mass is 297 g/mol. The summed E-state index contributed by atoms with van der Waals surface area (Å²) >= 11 is 3.57. The number of rotatable bonds is 4. The molecule has 1 atom stereocenters. The molecule has 1 saturated heterocycles. The number of benzene rings is 1. The second-order valence-corrected chi connectivity index (χ2v) is 5.17. The molecule has 1 unspecified atom stereocenters. The van der Waals surface area contributed by atoms with Crippen LogP contribution in [0.15, 0.2) is 24.3 Å². The highest BCUT2D eigenvalue weighted by Gasteiger charge is 2.21. The second kappa shape index (κ2) is 6.53.